The van der Waals surface area contributed by atoms with Crippen LogP contribution in [0.15, 0.2) is 72.8 Å². The van der Waals surface area contributed by atoms with Gasteiger partial charge >= 0.3 is 5.82 Å². The number of pyridine rings is 1. The van der Waals surface area contributed by atoms with Crippen molar-refractivity contribution in [3.05, 3.63) is 89.6 Å². The van der Waals surface area contributed by atoms with Crippen LogP contribution in [0, 0.1) is 0 Å². The standard InChI is InChI=1S/C28H33ClN3O2S/c1-9-22-23(29)16-17-24(30-35-21-14-12-20(13-15-21)28(3,4)5)26(22)19(2)31(6)27-25(33-7)11-10-18-32(27)34-8/h9-18,30H,1-2H2,3-8H3/q+1. The highest BCUT2D eigenvalue weighted by Gasteiger charge is 2.29. The summed E-state index contributed by atoms with van der Waals surface area (Å²) in [6, 6.07) is 16.1. The minimum absolute atomic E-state index is 0.110. The molecule has 0 atom stereocenters. The lowest BCUT2D eigenvalue weighted by Gasteiger charge is -2.22. The van der Waals surface area contributed by atoms with Crippen LogP contribution in [0.25, 0.3) is 11.8 Å². The van der Waals surface area contributed by atoms with Crippen LogP contribution < -0.4 is 23.9 Å². The summed E-state index contributed by atoms with van der Waals surface area (Å²) in [6.07, 6.45) is 3.56. The van der Waals surface area contributed by atoms with Crippen molar-refractivity contribution < 1.29 is 14.3 Å². The number of nitrogens with zero attached hydrogens (tertiary/aromatic N) is 2. The zero-order valence-corrected chi connectivity index (χ0v) is 22.8. The van der Waals surface area contributed by atoms with Crippen molar-refractivity contribution >= 4 is 46.8 Å². The van der Waals surface area contributed by atoms with Crippen molar-refractivity contribution in [2.45, 2.75) is 31.1 Å². The highest BCUT2D eigenvalue weighted by Crippen LogP contribution is 2.38. The monoisotopic (exact) mass is 510 g/mol. The first-order valence-corrected chi connectivity index (χ1v) is 12.4. The SMILES string of the molecule is C=Cc1c(Cl)ccc(NSc2ccc(C(C)(C)C)cc2)c1C(=C)N(C)c1c(OC)ccc[n+]1OC. The molecule has 1 heterocycles. The molecule has 184 valence electrons. The van der Waals surface area contributed by atoms with E-state index in [-0.39, 0.29) is 5.41 Å². The van der Waals surface area contributed by atoms with Gasteiger partial charge in [-0.05, 0) is 64.1 Å². The molecule has 0 fully saturated rings. The zero-order chi connectivity index (χ0) is 25.8. The number of methoxy groups -OCH3 is 1. The first-order valence-electron chi connectivity index (χ1n) is 11.2. The van der Waals surface area contributed by atoms with Gasteiger partial charge in [0.25, 0.3) is 0 Å². The Balaban J connectivity index is 1.99. The number of benzene rings is 2. The largest absolute Gasteiger partial charge is 0.489 e. The molecule has 0 radical (unpaired) electrons. The van der Waals surface area contributed by atoms with Gasteiger partial charge in [-0.1, -0.05) is 63.7 Å². The lowest BCUT2D eigenvalue weighted by atomic mass is 9.87. The Morgan fingerprint density at radius 2 is 1.80 bits per heavy atom. The van der Waals surface area contributed by atoms with E-state index in [1.807, 2.05) is 42.4 Å². The van der Waals surface area contributed by atoms with Crippen LogP contribution in [0.1, 0.15) is 37.5 Å². The van der Waals surface area contributed by atoms with E-state index in [0.717, 1.165) is 21.7 Å². The van der Waals surface area contributed by atoms with Gasteiger partial charge in [-0.15, -0.1) is 0 Å². The Morgan fingerprint density at radius 3 is 2.37 bits per heavy atom. The molecule has 0 aliphatic rings. The number of hydrogen-bond donors (Lipinski definition) is 1. The molecule has 0 saturated carbocycles. The Bertz CT molecular complexity index is 1200. The lowest BCUT2D eigenvalue weighted by Crippen LogP contribution is -2.45. The molecule has 0 unspecified atom stereocenters. The zero-order valence-electron chi connectivity index (χ0n) is 21.2. The average Bonchev–Trinajstić information content (AvgIpc) is 2.85. The molecule has 1 N–H and O–H groups in total. The summed E-state index contributed by atoms with van der Waals surface area (Å²) in [7, 11) is 5.13. The third-order valence-corrected chi connectivity index (χ3v) is 6.88. The smallest absolute Gasteiger partial charge is 0.363 e. The second-order valence-corrected chi connectivity index (χ2v) is 10.3. The third-order valence-electron chi connectivity index (χ3n) is 5.72. The van der Waals surface area contributed by atoms with E-state index in [1.54, 1.807) is 25.0 Å². The first kappa shape index (κ1) is 26.5. The maximum atomic E-state index is 6.57. The fourth-order valence-corrected chi connectivity index (χ4v) is 4.61. The average molecular weight is 511 g/mol. The van der Waals surface area contributed by atoms with Gasteiger partial charge in [0.15, 0.2) is 0 Å². The van der Waals surface area contributed by atoms with Crippen LogP contribution >= 0.6 is 23.5 Å². The van der Waals surface area contributed by atoms with Gasteiger partial charge in [-0.3, -0.25) is 0 Å². The number of hydrogen-bond acceptors (Lipinski definition) is 5. The Kier molecular flexibility index (Phi) is 8.41. The summed E-state index contributed by atoms with van der Waals surface area (Å²) in [5.41, 5.74) is 4.59. The van der Waals surface area contributed by atoms with E-state index < -0.39 is 0 Å². The van der Waals surface area contributed by atoms with E-state index in [1.165, 1.54) is 17.5 Å². The maximum Gasteiger partial charge on any atom is 0.363 e. The number of halogens is 1. The summed E-state index contributed by atoms with van der Waals surface area (Å²) in [6.45, 7) is 15.0. The van der Waals surface area contributed by atoms with Crippen LogP contribution in [0.2, 0.25) is 5.02 Å². The van der Waals surface area contributed by atoms with Gasteiger partial charge in [0.2, 0.25) is 5.75 Å². The molecular weight excluding hydrogens is 478 g/mol. The van der Waals surface area contributed by atoms with Crippen molar-refractivity contribution in [1.82, 2.24) is 0 Å². The summed E-state index contributed by atoms with van der Waals surface area (Å²) < 4.78 is 10.7. The molecular formula is C28H33ClN3O2S+. The number of rotatable bonds is 9. The number of anilines is 2. The topological polar surface area (TPSA) is 37.6 Å². The lowest BCUT2D eigenvalue weighted by molar-refractivity contribution is -0.875. The van der Waals surface area contributed by atoms with Gasteiger partial charge in [-0.2, -0.15) is 0 Å². The van der Waals surface area contributed by atoms with Crippen molar-refractivity contribution in [2.24, 2.45) is 0 Å². The number of nitrogens with one attached hydrogen (secondary N) is 1. The van der Waals surface area contributed by atoms with Crippen LogP contribution in [0.3, 0.4) is 0 Å². The quantitative estimate of drug-likeness (QED) is 0.251. The fourth-order valence-electron chi connectivity index (χ4n) is 3.70. The Morgan fingerprint density at radius 1 is 1.11 bits per heavy atom. The van der Waals surface area contributed by atoms with Crippen LogP contribution in [-0.2, 0) is 5.41 Å². The van der Waals surface area contributed by atoms with E-state index in [9.17, 15) is 0 Å². The fraction of sp³-hybridized carbons (Fsp3) is 0.250. The van der Waals surface area contributed by atoms with Gasteiger partial charge in [-0.25, -0.2) is 4.90 Å². The molecule has 1 aromatic heterocycles. The second-order valence-electron chi connectivity index (χ2n) is 8.98. The predicted octanol–water partition coefficient (Wildman–Crippen LogP) is 6.86. The minimum atomic E-state index is 0.110. The molecule has 7 heteroatoms. The minimum Gasteiger partial charge on any atom is -0.489 e. The van der Waals surface area contributed by atoms with E-state index in [4.69, 9.17) is 21.2 Å². The molecule has 3 aromatic rings. The summed E-state index contributed by atoms with van der Waals surface area (Å²) in [5, 5.41) is 0.592. The highest BCUT2D eigenvalue weighted by atomic mass is 35.5. The highest BCUT2D eigenvalue weighted by molar-refractivity contribution is 8.00. The van der Waals surface area contributed by atoms with Crippen molar-refractivity contribution in [2.75, 3.05) is 30.9 Å². The maximum absolute atomic E-state index is 6.57. The molecule has 3 rings (SSSR count). The van der Waals surface area contributed by atoms with Crippen molar-refractivity contribution in [3.8, 4) is 5.75 Å². The molecule has 35 heavy (non-hydrogen) atoms. The summed E-state index contributed by atoms with van der Waals surface area (Å²) >= 11 is 8.10. The van der Waals surface area contributed by atoms with Crippen molar-refractivity contribution in [3.63, 3.8) is 0 Å². The number of aromatic nitrogens is 1. The van der Waals surface area contributed by atoms with E-state index in [2.05, 4.69) is 62.9 Å². The van der Waals surface area contributed by atoms with Gasteiger partial charge < -0.3 is 14.3 Å². The third kappa shape index (κ3) is 5.77. The van der Waals surface area contributed by atoms with E-state index >= 15 is 0 Å². The molecule has 0 aliphatic carbocycles. The van der Waals surface area contributed by atoms with Crippen LogP contribution in [0.5, 0.6) is 5.75 Å². The summed E-state index contributed by atoms with van der Waals surface area (Å²) in [4.78, 5) is 8.54. The molecule has 0 amide bonds. The molecule has 2 aromatic carbocycles. The van der Waals surface area contributed by atoms with Gasteiger partial charge in [0.1, 0.15) is 19.0 Å². The first-order chi connectivity index (χ1) is 16.6. The molecule has 0 bridgehead atoms. The van der Waals surface area contributed by atoms with Gasteiger partial charge in [0, 0.05) is 15.5 Å². The summed E-state index contributed by atoms with van der Waals surface area (Å²) in [5.74, 6) is 1.33. The molecule has 0 saturated heterocycles. The molecule has 0 spiro atoms. The normalized spacial score (nSPS) is 11.1. The second kappa shape index (κ2) is 11.1. The van der Waals surface area contributed by atoms with Gasteiger partial charge in [0.05, 0.1) is 25.4 Å². The van der Waals surface area contributed by atoms with Crippen LogP contribution in [0.4, 0.5) is 11.5 Å². The predicted molar refractivity (Wildman–Crippen MR) is 149 cm³/mol. The van der Waals surface area contributed by atoms with Crippen LogP contribution in [-0.4, -0.2) is 21.3 Å². The Hall–Kier alpha value is -3.09. The van der Waals surface area contributed by atoms with E-state index in [0.29, 0.717) is 22.3 Å². The Labute approximate surface area is 218 Å². The molecule has 0 aliphatic heterocycles. The molecule has 5 nitrogen and oxygen atoms in total. The van der Waals surface area contributed by atoms with Crippen molar-refractivity contribution in [1.29, 1.82) is 0 Å². The number of ether oxygens (including phenoxy) is 1.